The Hall–Kier alpha value is -5.00. The Balaban J connectivity index is 1.08. The van der Waals surface area contributed by atoms with E-state index in [0.29, 0.717) is 30.2 Å². The lowest BCUT2D eigenvalue weighted by Crippen LogP contribution is -2.70. The number of benzene rings is 2. The summed E-state index contributed by atoms with van der Waals surface area (Å²) in [6.07, 6.45) is 2.30. The molecule has 2 saturated heterocycles. The van der Waals surface area contributed by atoms with Crippen LogP contribution in [0.2, 0.25) is 0 Å². The van der Waals surface area contributed by atoms with Crippen LogP contribution in [0.1, 0.15) is 32.8 Å². The molecule has 1 N–H and O–H groups in total. The number of carbonyl (C=O) groups excluding carboxylic acids is 1. The Kier molecular flexibility index (Phi) is 6.29. The van der Waals surface area contributed by atoms with Crippen molar-refractivity contribution in [3.8, 4) is 11.5 Å². The van der Waals surface area contributed by atoms with Gasteiger partial charge in [-0.05, 0) is 82.1 Å². The van der Waals surface area contributed by atoms with Gasteiger partial charge in [0.2, 0.25) is 0 Å². The lowest BCUT2D eigenvalue weighted by Gasteiger charge is -2.56. The van der Waals surface area contributed by atoms with Crippen molar-refractivity contribution in [3.05, 3.63) is 60.4 Å². The van der Waals surface area contributed by atoms with Crippen molar-refractivity contribution in [2.24, 2.45) is 7.05 Å². The topological polar surface area (TPSA) is 123 Å². The summed E-state index contributed by atoms with van der Waals surface area (Å²) >= 11 is 0. The number of anilines is 3. The van der Waals surface area contributed by atoms with E-state index in [4.69, 9.17) is 14.5 Å². The second-order valence-corrected chi connectivity index (χ2v) is 12.2. The highest BCUT2D eigenvalue weighted by atomic mass is 16.6. The van der Waals surface area contributed by atoms with Crippen LogP contribution >= 0.6 is 0 Å². The summed E-state index contributed by atoms with van der Waals surface area (Å²) in [7, 11) is 1.86. The Morgan fingerprint density at radius 3 is 2.58 bits per heavy atom. The molecule has 2 bridgehead atoms. The first kappa shape index (κ1) is 26.9. The van der Waals surface area contributed by atoms with E-state index in [-0.39, 0.29) is 18.2 Å². The minimum absolute atomic E-state index is 0.196. The van der Waals surface area contributed by atoms with Gasteiger partial charge in [-0.2, -0.15) is 0 Å². The van der Waals surface area contributed by atoms with Crippen LogP contribution in [-0.4, -0.2) is 71.7 Å². The number of hydrogen-bond acceptors (Lipinski definition) is 10. The van der Waals surface area contributed by atoms with Crippen molar-refractivity contribution in [1.29, 1.82) is 0 Å². The molecule has 12 nitrogen and oxygen atoms in total. The summed E-state index contributed by atoms with van der Waals surface area (Å²) in [5.41, 5.74) is 4.45. The van der Waals surface area contributed by atoms with Crippen LogP contribution in [0, 0.1) is 6.92 Å². The maximum absolute atomic E-state index is 12.6. The van der Waals surface area contributed by atoms with E-state index in [9.17, 15) is 4.79 Å². The van der Waals surface area contributed by atoms with Crippen LogP contribution in [-0.2, 0) is 11.8 Å². The van der Waals surface area contributed by atoms with Gasteiger partial charge in [-0.3, -0.25) is 0 Å². The molecule has 12 heteroatoms. The summed E-state index contributed by atoms with van der Waals surface area (Å²) in [5, 5.41) is 11.7. The van der Waals surface area contributed by atoms with Gasteiger partial charge in [0, 0.05) is 31.9 Å². The number of aromatic nitrogens is 6. The van der Waals surface area contributed by atoms with Crippen molar-refractivity contribution in [2.75, 3.05) is 23.3 Å². The van der Waals surface area contributed by atoms with Crippen LogP contribution in [0.5, 0.6) is 11.5 Å². The van der Waals surface area contributed by atoms with Gasteiger partial charge in [0.25, 0.3) is 0 Å². The second kappa shape index (κ2) is 10.1. The van der Waals surface area contributed by atoms with E-state index in [2.05, 4.69) is 30.5 Å². The number of nitrogens with zero attached hydrogens (tertiary/aromatic N) is 8. The first-order chi connectivity index (χ1) is 20.6. The summed E-state index contributed by atoms with van der Waals surface area (Å²) in [6, 6.07) is 16.0. The number of nitrogens with one attached hydrogen (secondary N) is 1. The number of fused-ring (bicyclic) bond motifs is 4. The minimum Gasteiger partial charge on any atom is -0.457 e. The highest BCUT2D eigenvalue weighted by Crippen LogP contribution is 2.38. The fourth-order valence-electron chi connectivity index (χ4n) is 5.81. The molecule has 220 valence electrons. The molecule has 2 aromatic carbocycles. The molecule has 0 aliphatic carbocycles. The quantitative estimate of drug-likeness (QED) is 0.291. The SMILES string of the molecule is Cc1cc(Nc2ncnc3ccc(N4C5CC4CN(C(=O)OC(C)(C)C)C5)nc23)ccc1Oc1ccc2c(c1)nnn2C. The van der Waals surface area contributed by atoms with Crippen molar-refractivity contribution >= 4 is 45.5 Å². The normalized spacial score (nSPS) is 18.1. The highest BCUT2D eigenvalue weighted by molar-refractivity contribution is 5.88. The molecule has 0 spiro atoms. The average molecular weight is 580 g/mol. The summed E-state index contributed by atoms with van der Waals surface area (Å²) in [6.45, 7) is 8.89. The lowest BCUT2D eigenvalue weighted by atomic mass is 9.87. The Morgan fingerprint density at radius 2 is 1.81 bits per heavy atom. The molecule has 2 aliphatic rings. The van der Waals surface area contributed by atoms with E-state index in [1.165, 1.54) is 6.33 Å². The molecular weight excluding hydrogens is 546 g/mol. The molecule has 5 aromatic rings. The molecule has 3 aromatic heterocycles. The molecule has 5 heterocycles. The predicted molar refractivity (Wildman–Crippen MR) is 163 cm³/mol. The number of aryl methyl sites for hydroxylation is 2. The van der Waals surface area contributed by atoms with Crippen LogP contribution in [0.25, 0.3) is 22.1 Å². The van der Waals surface area contributed by atoms with Gasteiger partial charge in [-0.1, -0.05) is 5.21 Å². The number of hydrogen-bond donors (Lipinski definition) is 1. The van der Waals surface area contributed by atoms with Gasteiger partial charge in [0.1, 0.15) is 40.3 Å². The minimum atomic E-state index is -0.513. The highest BCUT2D eigenvalue weighted by Gasteiger charge is 2.47. The number of carbonyl (C=O) groups is 1. The molecule has 2 atom stereocenters. The fraction of sp³-hybridized carbons (Fsp3) is 0.355. The summed E-state index contributed by atoms with van der Waals surface area (Å²) in [4.78, 5) is 30.7. The number of amides is 1. The second-order valence-electron chi connectivity index (χ2n) is 12.2. The molecule has 7 rings (SSSR count). The zero-order chi connectivity index (χ0) is 29.9. The van der Waals surface area contributed by atoms with Gasteiger partial charge in [-0.15, -0.1) is 5.10 Å². The molecule has 43 heavy (non-hydrogen) atoms. The predicted octanol–water partition coefficient (Wildman–Crippen LogP) is 5.35. The third kappa shape index (κ3) is 5.13. The van der Waals surface area contributed by atoms with E-state index < -0.39 is 5.60 Å². The van der Waals surface area contributed by atoms with Gasteiger partial charge in [0.15, 0.2) is 5.82 Å². The Morgan fingerprint density at radius 1 is 1.00 bits per heavy atom. The smallest absolute Gasteiger partial charge is 0.410 e. The van der Waals surface area contributed by atoms with Crippen LogP contribution in [0.4, 0.5) is 22.1 Å². The molecule has 0 radical (unpaired) electrons. The molecule has 2 unspecified atom stereocenters. The maximum Gasteiger partial charge on any atom is 0.410 e. The van der Waals surface area contributed by atoms with E-state index in [1.54, 1.807) is 4.68 Å². The first-order valence-electron chi connectivity index (χ1n) is 14.3. The first-order valence-corrected chi connectivity index (χ1v) is 14.3. The third-order valence-electron chi connectivity index (χ3n) is 7.82. The third-order valence-corrected chi connectivity index (χ3v) is 7.82. The van der Waals surface area contributed by atoms with E-state index >= 15 is 0 Å². The van der Waals surface area contributed by atoms with Crippen molar-refractivity contribution in [1.82, 2.24) is 34.8 Å². The van der Waals surface area contributed by atoms with Crippen LogP contribution in [0.3, 0.4) is 0 Å². The van der Waals surface area contributed by atoms with E-state index in [0.717, 1.165) is 45.8 Å². The van der Waals surface area contributed by atoms with Gasteiger partial charge >= 0.3 is 6.09 Å². The number of piperidine rings is 1. The van der Waals surface area contributed by atoms with Crippen molar-refractivity contribution < 1.29 is 14.3 Å². The number of rotatable bonds is 5. The fourth-order valence-corrected chi connectivity index (χ4v) is 5.81. The largest absolute Gasteiger partial charge is 0.457 e. The average Bonchev–Trinajstić information content (AvgIpc) is 3.33. The summed E-state index contributed by atoms with van der Waals surface area (Å²) in [5.74, 6) is 2.91. The Labute approximate surface area is 248 Å². The van der Waals surface area contributed by atoms with Crippen molar-refractivity contribution in [2.45, 2.75) is 51.8 Å². The van der Waals surface area contributed by atoms with E-state index in [1.807, 2.05) is 88.2 Å². The molecule has 2 aliphatic heterocycles. The van der Waals surface area contributed by atoms with Crippen LogP contribution in [0.15, 0.2) is 54.9 Å². The number of likely N-dealkylation sites (tertiary alicyclic amines) is 1. The molecule has 2 fully saturated rings. The molecule has 0 saturated carbocycles. The maximum atomic E-state index is 12.6. The standard InChI is InChI=1S/C31H33N9O3/c1-18-12-19(6-10-26(18)42-22-7-9-25-24(14-22)36-37-38(25)5)34-29-28-23(32-17-33-29)8-11-27(35-28)40-20-13-21(40)16-39(15-20)30(41)43-31(2,3)4/h6-12,14,17,20-21H,13,15-16H2,1-5H3,(H,32,33,34). The van der Waals surface area contributed by atoms with Crippen LogP contribution < -0.4 is 15.0 Å². The molecule has 1 amide bonds. The Bertz CT molecular complexity index is 1850. The number of piperazine rings is 1. The number of ether oxygens (including phenoxy) is 2. The monoisotopic (exact) mass is 579 g/mol. The van der Waals surface area contributed by atoms with Gasteiger partial charge < -0.3 is 24.6 Å². The van der Waals surface area contributed by atoms with Gasteiger partial charge in [0.05, 0.1) is 23.1 Å². The zero-order valence-corrected chi connectivity index (χ0v) is 24.8. The molecular formula is C31H33N9O3. The summed E-state index contributed by atoms with van der Waals surface area (Å²) < 4.78 is 13.5. The lowest BCUT2D eigenvalue weighted by molar-refractivity contribution is 0.00843. The zero-order valence-electron chi connectivity index (χ0n) is 24.8. The van der Waals surface area contributed by atoms with Gasteiger partial charge in [-0.25, -0.2) is 24.4 Å². The van der Waals surface area contributed by atoms with Crippen molar-refractivity contribution in [3.63, 3.8) is 0 Å². The number of pyridine rings is 1.